The van der Waals surface area contributed by atoms with Gasteiger partial charge in [0, 0.05) is 32.0 Å². The molecule has 2 aliphatic carbocycles. The number of pyridine rings is 1. The number of aryl methyl sites for hydroxylation is 2. The van der Waals surface area contributed by atoms with Crippen molar-refractivity contribution < 1.29 is 10.2 Å². The maximum Gasteiger partial charge on any atom is 0.224 e. The molecular weight excluding hydrogens is 448 g/mol. The summed E-state index contributed by atoms with van der Waals surface area (Å²) in [7, 11) is 0. The number of aromatic nitrogens is 4. The van der Waals surface area contributed by atoms with Crippen molar-refractivity contribution in [3.05, 3.63) is 23.7 Å². The van der Waals surface area contributed by atoms with E-state index in [1.807, 2.05) is 26.1 Å². The second kappa shape index (κ2) is 11.4. The Balaban J connectivity index is 0.000000868. The molecule has 2 unspecified atom stereocenters. The van der Waals surface area contributed by atoms with Crippen molar-refractivity contribution in [1.29, 1.82) is 0 Å². The molecule has 0 saturated heterocycles. The largest absolute Gasteiger partial charge is 0.397 e. The number of nitrogens with one attached hydrogen (secondary N) is 2. The SMILES string of the molecule is CCO.Cc1nc(NCC2CCC2)nc(NC2CCC(CO)C2)c1-c1nc2c(C)nccc2s1. The quantitative estimate of drug-likeness (QED) is 0.386. The molecule has 3 aromatic heterocycles. The molecule has 2 aliphatic rings. The van der Waals surface area contributed by atoms with Gasteiger partial charge in [0.25, 0.3) is 0 Å². The first-order valence-corrected chi connectivity index (χ1v) is 13.2. The van der Waals surface area contributed by atoms with E-state index < -0.39 is 0 Å². The standard InChI is InChI=1S/C23H30N6OS.C2H6O/c1-13-19(22-28-20-14(2)24-9-8-18(20)31-22)21(27-17-7-6-16(10-17)12-30)29-23(26-13)25-11-15-4-3-5-15;1-2-3/h8-9,15-17,30H,3-7,10-12H2,1-2H3,(H2,25,26,27,29);3H,2H2,1H3. The molecule has 2 fully saturated rings. The molecule has 3 heterocycles. The first kappa shape index (κ1) is 24.8. The van der Waals surface area contributed by atoms with Gasteiger partial charge >= 0.3 is 0 Å². The molecule has 3 aromatic rings. The van der Waals surface area contributed by atoms with E-state index in [4.69, 9.17) is 20.1 Å². The second-order valence-electron chi connectivity index (χ2n) is 9.32. The van der Waals surface area contributed by atoms with Crippen molar-refractivity contribution in [2.75, 3.05) is 30.4 Å². The Morgan fingerprint density at radius 3 is 2.47 bits per heavy atom. The fourth-order valence-electron chi connectivity index (χ4n) is 4.60. The first-order valence-electron chi connectivity index (χ1n) is 12.4. The molecule has 0 radical (unpaired) electrons. The topological polar surface area (TPSA) is 116 Å². The summed E-state index contributed by atoms with van der Waals surface area (Å²) in [5, 5.41) is 25.2. The zero-order chi connectivity index (χ0) is 24.1. The van der Waals surface area contributed by atoms with E-state index in [1.54, 1.807) is 18.3 Å². The number of aliphatic hydroxyl groups is 2. The maximum atomic E-state index is 9.55. The predicted molar refractivity (Wildman–Crippen MR) is 138 cm³/mol. The van der Waals surface area contributed by atoms with Crippen LogP contribution in [0.1, 0.15) is 56.8 Å². The van der Waals surface area contributed by atoms with Crippen LogP contribution in [0.15, 0.2) is 12.3 Å². The Morgan fingerprint density at radius 2 is 1.82 bits per heavy atom. The zero-order valence-electron chi connectivity index (χ0n) is 20.3. The molecule has 4 N–H and O–H groups in total. The van der Waals surface area contributed by atoms with Crippen molar-refractivity contribution in [2.45, 2.75) is 65.3 Å². The second-order valence-corrected chi connectivity index (χ2v) is 10.3. The molecule has 8 nitrogen and oxygen atoms in total. The Labute approximate surface area is 205 Å². The number of anilines is 2. The first-order chi connectivity index (χ1) is 16.5. The van der Waals surface area contributed by atoms with Crippen LogP contribution in [-0.2, 0) is 0 Å². The fraction of sp³-hybridized carbons (Fsp3) is 0.600. The van der Waals surface area contributed by atoms with Gasteiger partial charge in [-0.3, -0.25) is 4.98 Å². The predicted octanol–water partition coefficient (Wildman–Crippen LogP) is 4.55. The van der Waals surface area contributed by atoms with Crippen molar-refractivity contribution in [3.63, 3.8) is 0 Å². The fourth-order valence-corrected chi connectivity index (χ4v) is 5.71. The van der Waals surface area contributed by atoms with E-state index in [-0.39, 0.29) is 13.2 Å². The lowest BCUT2D eigenvalue weighted by molar-refractivity contribution is 0.229. The highest BCUT2D eigenvalue weighted by molar-refractivity contribution is 7.21. The van der Waals surface area contributed by atoms with E-state index in [9.17, 15) is 5.11 Å². The third-order valence-electron chi connectivity index (χ3n) is 6.71. The zero-order valence-corrected chi connectivity index (χ0v) is 21.2. The third-order valence-corrected chi connectivity index (χ3v) is 7.75. The molecule has 2 saturated carbocycles. The average Bonchev–Trinajstić information content (AvgIpc) is 3.40. The summed E-state index contributed by atoms with van der Waals surface area (Å²) in [6.07, 6.45) is 8.80. The van der Waals surface area contributed by atoms with Crippen molar-refractivity contribution in [3.8, 4) is 10.6 Å². The van der Waals surface area contributed by atoms with Crippen LogP contribution in [0.5, 0.6) is 0 Å². The summed E-state index contributed by atoms with van der Waals surface area (Å²) >= 11 is 1.66. The molecule has 0 amide bonds. The molecule has 2 atom stereocenters. The minimum Gasteiger partial charge on any atom is -0.397 e. The lowest BCUT2D eigenvalue weighted by Gasteiger charge is -2.25. The molecule has 5 rings (SSSR count). The Hall–Kier alpha value is -2.36. The highest BCUT2D eigenvalue weighted by Gasteiger charge is 2.27. The van der Waals surface area contributed by atoms with Crippen LogP contribution in [0.25, 0.3) is 20.8 Å². The van der Waals surface area contributed by atoms with E-state index in [2.05, 4.69) is 15.6 Å². The van der Waals surface area contributed by atoms with Crippen LogP contribution in [0.2, 0.25) is 0 Å². The molecule has 184 valence electrons. The monoisotopic (exact) mass is 484 g/mol. The number of hydrogen-bond acceptors (Lipinski definition) is 9. The number of fused-ring (bicyclic) bond motifs is 1. The normalized spacial score (nSPS) is 20.0. The average molecular weight is 485 g/mol. The summed E-state index contributed by atoms with van der Waals surface area (Å²) in [5.41, 5.74) is 3.78. The van der Waals surface area contributed by atoms with E-state index >= 15 is 0 Å². The van der Waals surface area contributed by atoms with Crippen LogP contribution in [-0.4, -0.2) is 55.9 Å². The van der Waals surface area contributed by atoms with E-state index in [1.165, 1.54) is 19.3 Å². The van der Waals surface area contributed by atoms with E-state index in [0.717, 1.165) is 69.7 Å². The van der Waals surface area contributed by atoms with Crippen LogP contribution in [0.3, 0.4) is 0 Å². The van der Waals surface area contributed by atoms with Gasteiger partial charge in [0.2, 0.25) is 5.95 Å². The van der Waals surface area contributed by atoms with Gasteiger partial charge in [0.05, 0.1) is 21.7 Å². The molecule has 9 heteroatoms. The highest BCUT2D eigenvalue weighted by atomic mass is 32.1. The Kier molecular flexibility index (Phi) is 8.28. The van der Waals surface area contributed by atoms with Crippen LogP contribution in [0.4, 0.5) is 11.8 Å². The summed E-state index contributed by atoms with van der Waals surface area (Å²) in [4.78, 5) is 19.0. The van der Waals surface area contributed by atoms with Gasteiger partial charge < -0.3 is 20.8 Å². The molecule has 0 spiro atoms. The van der Waals surface area contributed by atoms with E-state index in [0.29, 0.717) is 17.9 Å². The number of aliphatic hydroxyl groups excluding tert-OH is 2. The van der Waals surface area contributed by atoms with Crippen molar-refractivity contribution in [2.24, 2.45) is 11.8 Å². The van der Waals surface area contributed by atoms with Gasteiger partial charge in [-0.25, -0.2) is 9.97 Å². The summed E-state index contributed by atoms with van der Waals surface area (Å²) in [5.74, 6) is 2.64. The Bertz CT molecular complexity index is 1100. The number of rotatable bonds is 7. The third kappa shape index (κ3) is 5.64. The van der Waals surface area contributed by atoms with Gasteiger partial charge in [-0.2, -0.15) is 4.98 Å². The smallest absolute Gasteiger partial charge is 0.224 e. The molecule has 34 heavy (non-hydrogen) atoms. The van der Waals surface area contributed by atoms with Gasteiger partial charge in [0.1, 0.15) is 16.3 Å². The lowest BCUT2D eigenvalue weighted by Crippen LogP contribution is -2.23. The molecule has 0 aromatic carbocycles. The number of hydrogen-bond donors (Lipinski definition) is 4. The number of nitrogens with zero attached hydrogens (tertiary/aromatic N) is 4. The van der Waals surface area contributed by atoms with Crippen molar-refractivity contribution in [1.82, 2.24) is 19.9 Å². The summed E-state index contributed by atoms with van der Waals surface area (Å²) < 4.78 is 1.13. The van der Waals surface area contributed by atoms with Gasteiger partial charge in [-0.05, 0) is 70.8 Å². The highest BCUT2D eigenvalue weighted by Crippen LogP contribution is 2.38. The summed E-state index contributed by atoms with van der Waals surface area (Å²) in [6.45, 7) is 7.15. The molecule has 0 bridgehead atoms. The van der Waals surface area contributed by atoms with Gasteiger partial charge in [-0.15, -0.1) is 11.3 Å². The van der Waals surface area contributed by atoms with Crippen LogP contribution in [0, 0.1) is 25.7 Å². The number of thiazole rings is 1. The summed E-state index contributed by atoms with van der Waals surface area (Å²) in [6, 6.07) is 2.33. The van der Waals surface area contributed by atoms with Crippen LogP contribution >= 0.6 is 11.3 Å². The van der Waals surface area contributed by atoms with Gasteiger partial charge in [0.15, 0.2) is 0 Å². The Morgan fingerprint density at radius 1 is 1.03 bits per heavy atom. The molecular formula is C25H36N6O2S. The van der Waals surface area contributed by atoms with Crippen LogP contribution < -0.4 is 10.6 Å². The maximum absolute atomic E-state index is 9.55. The minimum atomic E-state index is 0.250. The lowest BCUT2D eigenvalue weighted by atomic mass is 9.85. The molecule has 0 aliphatic heterocycles. The van der Waals surface area contributed by atoms with Gasteiger partial charge in [-0.1, -0.05) is 6.42 Å². The van der Waals surface area contributed by atoms with Crippen molar-refractivity contribution >= 4 is 33.3 Å². The minimum absolute atomic E-state index is 0.250.